The lowest BCUT2D eigenvalue weighted by Gasteiger charge is -2.39. The number of ether oxygens (including phenoxy) is 1. The molecule has 33 heavy (non-hydrogen) atoms. The van der Waals surface area contributed by atoms with Crippen LogP contribution in [0.25, 0.3) is 0 Å². The number of benzene rings is 2. The zero-order valence-corrected chi connectivity index (χ0v) is 19.2. The Morgan fingerprint density at radius 2 is 1.67 bits per heavy atom. The van der Waals surface area contributed by atoms with E-state index in [9.17, 15) is 17.2 Å². The number of sulfonamides is 1. The summed E-state index contributed by atoms with van der Waals surface area (Å²) in [5, 5.41) is 0. The molecular weight excluding hydrogens is 448 g/mol. The van der Waals surface area contributed by atoms with E-state index in [1.807, 2.05) is 6.92 Å². The van der Waals surface area contributed by atoms with Gasteiger partial charge in [-0.2, -0.15) is 4.31 Å². The van der Waals surface area contributed by atoms with Crippen LogP contribution in [-0.2, 0) is 14.8 Å². The minimum Gasteiger partial charge on any atom is -0.370 e. The second kappa shape index (κ2) is 8.56. The Balaban J connectivity index is 1.21. The minimum absolute atomic E-state index is 0.0422. The summed E-state index contributed by atoms with van der Waals surface area (Å²) in [6.45, 7) is 4.39. The second-order valence-corrected chi connectivity index (χ2v) is 11.1. The molecule has 0 saturated carbocycles. The number of nitrogens with zero attached hydrogens (tertiary/aromatic N) is 2. The van der Waals surface area contributed by atoms with Crippen molar-refractivity contribution in [1.82, 2.24) is 9.21 Å². The highest BCUT2D eigenvalue weighted by Gasteiger charge is 2.41. The molecule has 1 fully saturated rings. The van der Waals surface area contributed by atoms with Gasteiger partial charge in [0, 0.05) is 43.8 Å². The van der Waals surface area contributed by atoms with Crippen LogP contribution in [0.5, 0.6) is 0 Å². The standard InChI is InChI=1S/C24H27F2N3O3S/c1-15-2-5-20(6-3-15)33(30,31)29-12-16-10-28(11-17(16)13-29)19-9-23(27)24(32-14-19)21-8-18(25)4-7-22(21)26/h2-8,19,23-24H,9-14,27H2,1H3/t19-,23+,24-/m1/s1. The van der Waals surface area contributed by atoms with E-state index in [0.29, 0.717) is 44.1 Å². The van der Waals surface area contributed by atoms with Crippen molar-refractivity contribution < 1.29 is 21.9 Å². The van der Waals surface area contributed by atoms with E-state index in [-0.39, 0.29) is 11.6 Å². The maximum atomic E-state index is 14.2. The average molecular weight is 476 g/mol. The molecule has 3 aliphatic rings. The first-order valence-electron chi connectivity index (χ1n) is 11.0. The predicted molar refractivity (Wildman–Crippen MR) is 120 cm³/mol. The lowest BCUT2D eigenvalue weighted by atomic mass is 9.93. The summed E-state index contributed by atoms with van der Waals surface area (Å²) in [6, 6.07) is 9.82. The van der Waals surface area contributed by atoms with Gasteiger partial charge in [0.25, 0.3) is 0 Å². The van der Waals surface area contributed by atoms with E-state index in [1.165, 1.54) is 4.31 Å². The molecule has 2 aromatic rings. The molecule has 2 N–H and O–H groups in total. The lowest BCUT2D eigenvalue weighted by molar-refractivity contribution is -0.0467. The summed E-state index contributed by atoms with van der Waals surface area (Å²) in [5.41, 5.74) is 9.73. The zero-order valence-electron chi connectivity index (χ0n) is 18.4. The molecule has 9 heteroatoms. The van der Waals surface area contributed by atoms with Crippen molar-refractivity contribution in [1.29, 1.82) is 0 Å². The van der Waals surface area contributed by atoms with Crippen LogP contribution in [0.1, 0.15) is 23.7 Å². The fourth-order valence-electron chi connectivity index (χ4n) is 5.01. The van der Waals surface area contributed by atoms with Crippen LogP contribution in [0.4, 0.5) is 8.78 Å². The number of aryl methyl sites for hydroxylation is 1. The SMILES string of the molecule is Cc1ccc(S(=O)(=O)N2CC3=C(CN([C@H]4CO[C@H](c5cc(F)ccc5F)[C@@H](N)C4)C3)C2)cc1. The fraction of sp³-hybridized carbons (Fsp3) is 0.417. The smallest absolute Gasteiger partial charge is 0.243 e. The molecule has 6 nitrogen and oxygen atoms in total. The Labute approximate surface area is 192 Å². The summed E-state index contributed by atoms with van der Waals surface area (Å²) in [6.07, 6.45) is -0.0958. The molecule has 0 aromatic heterocycles. The quantitative estimate of drug-likeness (QED) is 0.689. The van der Waals surface area contributed by atoms with E-state index in [4.69, 9.17) is 10.5 Å². The molecule has 2 aromatic carbocycles. The molecule has 0 aliphatic carbocycles. The van der Waals surface area contributed by atoms with Crippen LogP contribution in [-0.4, -0.2) is 62.5 Å². The van der Waals surface area contributed by atoms with Gasteiger partial charge < -0.3 is 10.5 Å². The summed E-state index contributed by atoms with van der Waals surface area (Å²) < 4.78 is 61.3. The van der Waals surface area contributed by atoms with Crippen LogP contribution in [0.2, 0.25) is 0 Å². The Bertz CT molecular complexity index is 1180. The van der Waals surface area contributed by atoms with Gasteiger partial charge in [-0.25, -0.2) is 17.2 Å². The van der Waals surface area contributed by atoms with Gasteiger partial charge in [0.15, 0.2) is 0 Å². The van der Waals surface area contributed by atoms with Gasteiger partial charge in [-0.15, -0.1) is 0 Å². The van der Waals surface area contributed by atoms with Crippen molar-refractivity contribution in [3.63, 3.8) is 0 Å². The van der Waals surface area contributed by atoms with Crippen molar-refractivity contribution in [2.75, 3.05) is 32.8 Å². The molecule has 176 valence electrons. The van der Waals surface area contributed by atoms with Crippen LogP contribution in [0, 0.1) is 18.6 Å². The monoisotopic (exact) mass is 475 g/mol. The topological polar surface area (TPSA) is 75.9 Å². The first kappa shape index (κ1) is 22.6. The van der Waals surface area contributed by atoms with Crippen LogP contribution in [0.3, 0.4) is 0 Å². The third-order valence-corrected chi connectivity index (χ3v) is 8.67. The number of rotatable bonds is 4. The number of nitrogens with two attached hydrogens (primary N) is 1. The Kier molecular flexibility index (Phi) is 5.86. The maximum Gasteiger partial charge on any atom is 0.243 e. The second-order valence-electron chi connectivity index (χ2n) is 9.17. The molecule has 0 amide bonds. The molecule has 5 rings (SSSR count). The van der Waals surface area contributed by atoms with Gasteiger partial charge in [-0.3, -0.25) is 4.90 Å². The van der Waals surface area contributed by atoms with Gasteiger partial charge in [-0.1, -0.05) is 17.7 Å². The van der Waals surface area contributed by atoms with Crippen molar-refractivity contribution >= 4 is 10.0 Å². The Morgan fingerprint density at radius 1 is 1.00 bits per heavy atom. The highest BCUT2D eigenvalue weighted by atomic mass is 32.2. The van der Waals surface area contributed by atoms with Gasteiger partial charge in [-0.05, 0) is 54.8 Å². The molecule has 0 radical (unpaired) electrons. The molecule has 0 bridgehead atoms. The summed E-state index contributed by atoms with van der Waals surface area (Å²) in [5.74, 6) is -1.04. The zero-order chi connectivity index (χ0) is 23.3. The highest BCUT2D eigenvalue weighted by Crippen LogP contribution is 2.35. The van der Waals surface area contributed by atoms with Crippen LogP contribution >= 0.6 is 0 Å². The first-order valence-corrected chi connectivity index (χ1v) is 12.5. The Morgan fingerprint density at radius 3 is 2.30 bits per heavy atom. The van der Waals surface area contributed by atoms with Gasteiger partial charge in [0.1, 0.15) is 17.7 Å². The first-order chi connectivity index (χ1) is 15.7. The number of hydrogen-bond acceptors (Lipinski definition) is 5. The lowest BCUT2D eigenvalue weighted by Crippen LogP contribution is -2.49. The summed E-state index contributed by atoms with van der Waals surface area (Å²) in [7, 11) is -3.53. The normalized spacial score (nSPS) is 26.7. The molecule has 3 atom stereocenters. The average Bonchev–Trinajstić information content (AvgIpc) is 3.36. The molecule has 3 heterocycles. The summed E-state index contributed by atoms with van der Waals surface area (Å²) in [4.78, 5) is 2.56. The number of halogens is 2. The third-order valence-electron chi connectivity index (χ3n) is 6.86. The highest BCUT2D eigenvalue weighted by molar-refractivity contribution is 7.89. The van der Waals surface area contributed by atoms with E-state index >= 15 is 0 Å². The minimum atomic E-state index is -3.53. The van der Waals surface area contributed by atoms with Crippen molar-refractivity contribution in [3.8, 4) is 0 Å². The molecule has 1 saturated heterocycles. The number of hydrogen-bond donors (Lipinski definition) is 1. The van der Waals surface area contributed by atoms with Crippen molar-refractivity contribution in [3.05, 3.63) is 76.4 Å². The van der Waals surface area contributed by atoms with Gasteiger partial charge in [0.2, 0.25) is 10.0 Å². The van der Waals surface area contributed by atoms with Crippen LogP contribution in [0.15, 0.2) is 58.5 Å². The molecule has 3 aliphatic heterocycles. The van der Waals surface area contributed by atoms with E-state index in [2.05, 4.69) is 4.90 Å². The largest absolute Gasteiger partial charge is 0.370 e. The van der Waals surface area contributed by atoms with Gasteiger partial charge in [0.05, 0.1) is 11.5 Å². The van der Waals surface area contributed by atoms with Crippen molar-refractivity contribution in [2.24, 2.45) is 5.73 Å². The predicted octanol–water partition coefficient (Wildman–Crippen LogP) is 2.75. The van der Waals surface area contributed by atoms with E-state index in [1.54, 1.807) is 24.3 Å². The third kappa shape index (κ3) is 4.24. The fourth-order valence-corrected chi connectivity index (χ4v) is 6.44. The molecular formula is C24H27F2N3O3S. The molecule has 0 unspecified atom stereocenters. The van der Waals surface area contributed by atoms with Crippen LogP contribution < -0.4 is 5.73 Å². The van der Waals surface area contributed by atoms with Gasteiger partial charge >= 0.3 is 0 Å². The van der Waals surface area contributed by atoms with Crippen molar-refractivity contribution in [2.45, 2.75) is 36.4 Å². The molecule has 0 spiro atoms. The van der Waals surface area contributed by atoms with E-state index < -0.39 is 33.8 Å². The van der Waals surface area contributed by atoms with E-state index in [0.717, 1.165) is 34.9 Å². The Hall–Kier alpha value is -2.17. The maximum absolute atomic E-state index is 14.2. The summed E-state index contributed by atoms with van der Waals surface area (Å²) >= 11 is 0.